The zero-order valence-electron chi connectivity index (χ0n) is 16.6. The predicted octanol–water partition coefficient (Wildman–Crippen LogP) is 3.60. The number of carbonyl (C=O) groups excluding carboxylic acids is 1. The minimum absolute atomic E-state index is 0. The molecule has 1 saturated heterocycles. The van der Waals surface area contributed by atoms with Gasteiger partial charge in [0.2, 0.25) is 0 Å². The Morgan fingerprint density at radius 1 is 1.26 bits per heavy atom. The molecule has 1 amide bonds. The van der Waals surface area contributed by atoms with Crippen LogP contribution in [0.5, 0.6) is 5.75 Å². The lowest BCUT2D eigenvalue weighted by atomic mass is 9.97. The Balaban J connectivity index is 0.00000261. The van der Waals surface area contributed by atoms with Crippen molar-refractivity contribution in [1.29, 1.82) is 0 Å². The van der Waals surface area contributed by atoms with E-state index in [-0.39, 0.29) is 18.3 Å². The largest absolute Gasteiger partial charge is 0.497 e. The number of aromatic nitrogens is 1. The summed E-state index contributed by atoms with van der Waals surface area (Å²) in [6.07, 6.45) is 2.27. The smallest absolute Gasteiger partial charge is 0.255 e. The summed E-state index contributed by atoms with van der Waals surface area (Å²) in [5.41, 5.74) is 3.92. The van der Waals surface area contributed by atoms with E-state index in [1.165, 1.54) is 6.42 Å². The number of benzene rings is 1. The maximum Gasteiger partial charge on any atom is 0.255 e. The molecule has 2 aromatic rings. The number of rotatable bonds is 5. The quantitative estimate of drug-likeness (QED) is 0.847. The van der Waals surface area contributed by atoms with Crippen LogP contribution in [0.3, 0.4) is 0 Å². The lowest BCUT2D eigenvalue weighted by molar-refractivity contribution is 0.0673. The average molecular weight is 392 g/mol. The first-order chi connectivity index (χ1) is 12.5. The molecule has 6 heteroatoms. The molecule has 1 aromatic carbocycles. The summed E-state index contributed by atoms with van der Waals surface area (Å²) < 4.78 is 7.38. The van der Waals surface area contributed by atoms with Gasteiger partial charge in [-0.25, -0.2) is 0 Å². The number of nitrogens with zero attached hydrogens (tertiary/aromatic N) is 2. The van der Waals surface area contributed by atoms with E-state index in [9.17, 15) is 4.79 Å². The van der Waals surface area contributed by atoms with Crippen LogP contribution in [-0.2, 0) is 0 Å². The fraction of sp³-hybridized carbons (Fsp3) is 0.476. The van der Waals surface area contributed by atoms with Crippen LogP contribution in [-0.4, -0.2) is 49.2 Å². The van der Waals surface area contributed by atoms with Gasteiger partial charge in [-0.2, -0.15) is 0 Å². The van der Waals surface area contributed by atoms with E-state index in [1.54, 1.807) is 7.11 Å². The fourth-order valence-electron chi connectivity index (χ4n) is 3.98. The summed E-state index contributed by atoms with van der Waals surface area (Å²) in [5, 5.41) is 3.24. The molecule has 0 spiro atoms. The highest BCUT2D eigenvalue weighted by Gasteiger charge is 2.26. The van der Waals surface area contributed by atoms with Crippen LogP contribution < -0.4 is 10.1 Å². The molecule has 27 heavy (non-hydrogen) atoms. The number of hydrogen-bond donors (Lipinski definition) is 1. The van der Waals surface area contributed by atoms with Crippen LogP contribution in [0.15, 0.2) is 30.3 Å². The van der Waals surface area contributed by atoms with Crippen molar-refractivity contribution in [1.82, 2.24) is 14.8 Å². The zero-order valence-corrected chi connectivity index (χ0v) is 17.4. The van der Waals surface area contributed by atoms with Crippen molar-refractivity contribution in [2.45, 2.75) is 26.7 Å². The Hall–Kier alpha value is -1.98. The molecule has 1 atom stereocenters. The second-order valence-corrected chi connectivity index (χ2v) is 7.14. The molecular weight excluding hydrogens is 362 g/mol. The third-order valence-corrected chi connectivity index (χ3v) is 5.29. The average Bonchev–Trinajstić information content (AvgIpc) is 2.96. The molecule has 0 radical (unpaired) electrons. The highest BCUT2D eigenvalue weighted by Crippen LogP contribution is 2.25. The summed E-state index contributed by atoms with van der Waals surface area (Å²) in [7, 11) is 3.64. The first-order valence-corrected chi connectivity index (χ1v) is 9.32. The van der Waals surface area contributed by atoms with Gasteiger partial charge < -0.3 is 19.5 Å². The van der Waals surface area contributed by atoms with E-state index in [0.29, 0.717) is 5.92 Å². The van der Waals surface area contributed by atoms with E-state index in [1.807, 2.05) is 56.1 Å². The highest BCUT2D eigenvalue weighted by molar-refractivity contribution is 5.96. The van der Waals surface area contributed by atoms with Gasteiger partial charge in [-0.15, -0.1) is 12.4 Å². The minimum atomic E-state index is 0. The van der Waals surface area contributed by atoms with Crippen molar-refractivity contribution < 1.29 is 9.53 Å². The lowest BCUT2D eigenvalue weighted by Gasteiger charge is -2.32. The van der Waals surface area contributed by atoms with E-state index in [0.717, 1.165) is 54.4 Å². The number of aryl methyl sites for hydroxylation is 1. The molecule has 0 aliphatic carbocycles. The van der Waals surface area contributed by atoms with Crippen LogP contribution in [0.4, 0.5) is 0 Å². The predicted molar refractivity (Wildman–Crippen MR) is 112 cm³/mol. The molecule has 2 heterocycles. The van der Waals surface area contributed by atoms with Gasteiger partial charge in [0, 0.05) is 30.2 Å². The van der Waals surface area contributed by atoms with Crippen LogP contribution in [0.25, 0.3) is 5.69 Å². The van der Waals surface area contributed by atoms with Crippen molar-refractivity contribution >= 4 is 18.3 Å². The van der Waals surface area contributed by atoms with Gasteiger partial charge in [-0.1, -0.05) is 0 Å². The Labute approximate surface area is 168 Å². The summed E-state index contributed by atoms with van der Waals surface area (Å²) in [5.74, 6) is 1.53. The van der Waals surface area contributed by atoms with Crippen LogP contribution >= 0.6 is 12.4 Å². The summed E-state index contributed by atoms with van der Waals surface area (Å²) in [6, 6.07) is 9.96. The molecule has 1 N–H and O–H groups in total. The summed E-state index contributed by atoms with van der Waals surface area (Å²) in [4.78, 5) is 15.2. The first-order valence-electron chi connectivity index (χ1n) is 9.32. The number of hydrogen-bond acceptors (Lipinski definition) is 3. The summed E-state index contributed by atoms with van der Waals surface area (Å²) in [6.45, 7) is 6.74. The van der Waals surface area contributed by atoms with Crippen LogP contribution in [0.1, 0.15) is 34.6 Å². The van der Waals surface area contributed by atoms with Crippen LogP contribution in [0.2, 0.25) is 0 Å². The maximum atomic E-state index is 13.1. The number of piperidine rings is 1. The molecular formula is C21H30ClN3O2. The molecule has 1 aliphatic rings. The second kappa shape index (κ2) is 9.29. The number of halogens is 1. The van der Waals surface area contributed by atoms with Gasteiger partial charge in [0.25, 0.3) is 5.91 Å². The molecule has 3 rings (SSSR count). The molecule has 0 saturated carbocycles. The molecule has 0 bridgehead atoms. The minimum Gasteiger partial charge on any atom is -0.497 e. The molecule has 1 fully saturated rings. The van der Waals surface area contributed by atoms with E-state index in [2.05, 4.69) is 9.88 Å². The van der Waals surface area contributed by atoms with E-state index >= 15 is 0 Å². The van der Waals surface area contributed by atoms with Crippen molar-refractivity contribution in [3.05, 3.63) is 47.3 Å². The van der Waals surface area contributed by atoms with E-state index in [4.69, 9.17) is 4.74 Å². The molecule has 5 nitrogen and oxygen atoms in total. The second-order valence-electron chi connectivity index (χ2n) is 7.14. The first kappa shape index (κ1) is 21.3. The Kier molecular flexibility index (Phi) is 7.33. The maximum absolute atomic E-state index is 13.1. The monoisotopic (exact) mass is 391 g/mol. The number of methoxy groups -OCH3 is 1. The van der Waals surface area contributed by atoms with Crippen molar-refractivity contribution in [2.75, 3.05) is 33.8 Å². The molecule has 1 aromatic heterocycles. The van der Waals surface area contributed by atoms with E-state index < -0.39 is 0 Å². The lowest BCUT2D eigenvalue weighted by Crippen LogP contribution is -2.42. The Morgan fingerprint density at radius 3 is 2.59 bits per heavy atom. The molecule has 1 unspecified atom stereocenters. The van der Waals surface area contributed by atoms with Gasteiger partial charge in [0.1, 0.15) is 5.75 Å². The number of likely N-dealkylation sites (tertiary alicyclic amines) is 1. The van der Waals surface area contributed by atoms with Gasteiger partial charge in [-0.3, -0.25) is 4.79 Å². The molecule has 1 aliphatic heterocycles. The standard InChI is InChI=1S/C21H29N3O2.ClH/c1-15-12-20(21(25)23-11-5-6-17(14-23)13-22-3)16(2)24(15)18-7-9-19(26-4)10-8-18;/h7-10,12,17,22H,5-6,11,13-14H2,1-4H3;1H. The number of ether oxygens (including phenoxy) is 1. The van der Waals surface area contributed by atoms with Gasteiger partial charge in [0.15, 0.2) is 0 Å². The SMILES string of the molecule is CNCC1CCCN(C(=O)c2cc(C)n(-c3ccc(OC)cc3)c2C)C1.Cl. The molecule has 148 valence electrons. The van der Waals surface area contributed by atoms with Gasteiger partial charge in [-0.05, 0) is 76.5 Å². The van der Waals surface area contributed by atoms with Crippen molar-refractivity contribution in [2.24, 2.45) is 5.92 Å². The normalized spacial score (nSPS) is 16.7. The number of nitrogens with one attached hydrogen (secondary N) is 1. The van der Waals surface area contributed by atoms with Gasteiger partial charge >= 0.3 is 0 Å². The van der Waals surface area contributed by atoms with Crippen molar-refractivity contribution in [3.63, 3.8) is 0 Å². The van der Waals surface area contributed by atoms with Crippen LogP contribution in [0, 0.1) is 19.8 Å². The number of amides is 1. The Morgan fingerprint density at radius 2 is 1.96 bits per heavy atom. The fourth-order valence-corrected chi connectivity index (χ4v) is 3.98. The Bertz CT molecular complexity index is 768. The topological polar surface area (TPSA) is 46.5 Å². The van der Waals surface area contributed by atoms with Gasteiger partial charge in [0.05, 0.1) is 12.7 Å². The van der Waals surface area contributed by atoms with Crippen molar-refractivity contribution in [3.8, 4) is 11.4 Å². The summed E-state index contributed by atoms with van der Waals surface area (Å²) >= 11 is 0. The number of carbonyl (C=O) groups is 1. The highest BCUT2D eigenvalue weighted by atomic mass is 35.5. The zero-order chi connectivity index (χ0) is 18.7. The third kappa shape index (κ3) is 4.47. The third-order valence-electron chi connectivity index (χ3n) is 5.29.